The van der Waals surface area contributed by atoms with Crippen LogP contribution in [0.2, 0.25) is 0 Å². The van der Waals surface area contributed by atoms with Crippen LogP contribution in [-0.4, -0.2) is 21.5 Å². The van der Waals surface area contributed by atoms with E-state index in [1.807, 2.05) is 6.07 Å². The topological polar surface area (TPSA) is 55.8 Å². The molecule has 0 N–H and O–H groups in total. The number of aromatic nitrogens is 3. The van der Waals surface area contributed by atoms with E-state index in [4.69, 9.17) is 0 Å². The normalized spacial score (nSPS) is 12.5. The van der Waals surface area contributed by atoms with E-state index in [0.717, 1.165) is 25.7 Å². The standard InChI is InChI=1S/C20H26N3O2.ClH/c1-3-5-7-10-14-23-18-17(22(21-23)13-6-4-2)19(24)15-11-8-9-12-16(15)20(18)25;/h8-9,11-12H,3-7,10,13-14H2,1-2H3;1H/q+1;/p-1. The van der Waals surface area contributed by atoms with Crippen LogP contribution in [-0.2, 0) is 13.1 Å². The highest BCUT2D eigenvalue weighted by atomic mass is 35.5. The van der Waals surface area contributed by atoms with Crippen LogP contribution in [0.5, 0.6) is 0 Å². The zero-order valence-corrected chi connectivity index (χ0v) is 16.3. The number of hydrogen-bond donors (Lipinski definition) is 0. The molecule has 1 heterocycles. The number of unbranched alkanes of at least 4 members (excludes halogenated alkanes) is 4. The van der Waals surface area contributed by atoms with E-state index in [1.165, 1.54) is 12.8 Å². The van der Waals surface area contributed by atoms with Crippen LogP contribution in [0.15, 0.2) is 24.3 Å². The van der Waals surface area contributed by atoms with E-state index >= 15 is 0 Å². The Morgan fingerprint density at radius 1 is 0.923 bits per heavy atom. The largest absolute Gasteiger partial charge is 1.00 e. The Bertz CT molecular complexity index is 798. The lowest BCUT2D eigenvalue weighted by Gasteiger charge is -2.11. The third kappa shape index (κ3) is 3.73. The number of benzene rings is 1. The molecular formula is C20H26ClN3O2. The van der Waals surface area contributed by atoms with Gasteiger partial charge in [0.2, 0.25) is 23.0 Å². The average Bonchev–Trinajstić information content (AvgIpc) is 3.00. The van der Waals surface area contributed by atoms with Crippen LogP contribution < -0.4 is 17.1 Å². The van der Waals surface area contributed by atoms with Gasteiger partial charge in [-0.3, -0.25) is 9.59 Å². The van der Waals surface area contributed by atoms with Crippen molar-refractivity contribution in [3.05, 3.63) is 46.8 Å². The summed E-state index contributed by atoms with van der Waals surface area (Å²) in [4.78, 5) is 26.0. The quantitative estimate of drug-likeness (QED) is 0.421. The SMILES string of the molecule is CCCCCC[n+]1nn(CCCC)c2c1C(=O)c1ccccc1C2=O.[Cl-]. The highest BCUT2D eigenvalue weighted by molar-refractivity contribution is 6.26. The first-order valence-electron chi connectivity index (χ1n) is 9.38. The molecular weight excluding hydrogens is 350 g/mol. The predicted octanol–water partition coefficient (Wildman–Crippen LogP) is 0.330. The fourth-order valence-corrected chi connectivity index (χ4v) is 3.36. The molecule has 0 amide bonds. The fourth-order valence-electron chi connectivity index (χ4n) is 3.36. The lowest BCUT2D eigenvalue weighted by atomic mass is 9.90. The molecule has 140 valence electrons. The number of fused-ring (bicyclic) bond motifs is 2. The van der Waals surface area contributed by atoms with Gasteiger partial charge in [-0.25, -0.2) is 0 Å². The number of carbonyl (C=O) groups is 2. The van der Waals surface area contributed by atoms with Gasteiger partial charge in [-0.1, -0.05) is 57.4 Å². The molecule has 0 atom stereocenters. The van der Waals surface area contributed by atoms with E-state index in [2.05, 4.69) is 19.1 Å². The molecule has 0 saturated carbocycles. The number of rotatable bonds is 8. The Balaban J connectivity index is 0.00000243. The van der Waals surface area contributed by atoms with Crippen molar-refractivity contribution in [2.24, 2.45) is 0 Å². The van der Waals surface area contributed by atoms with E-state index < -0.39 is 0 Å². The molecule has 0 aliphatic heterocycles. The number of nitrogens with zero attached hydrogens (tertiary/aromatic N) is 3. The average molecular weight is 376 g/mol. The van der Waals surface area contributed by atoms with Crippen molar-refractivity contribution >= 4 is 11.6 Å². The summed E-state index contributed by atoms with van der Waals surface area (Å²) in [5, 5.41) is 4.60. The molecule has 6 heteroatoms. The molecule has 5 nitrogen and oxygen atoms in total. The van der Waals surface area contributed by atoms with Gasteiger partial charge in [-0.05, 0) is 19.3 Å². The molecule has 0 bridgehead atoms. The maximum atomic E-state index is 13.0. The van der Waals surface area contributed by atoms with Crippen LogP contribution in [0.3, 0.4) is 0 Å². The third-order valence-corrected chi connectivity index (χ3v) is 4.75. The highest BCUT2D eigenvalue weighted by Gasteiger charge is 2.42. The summed E-state index contributed by atoms with van der Waals surface area (Å²) in [6.07, 6.45) is 6.38. The first-order chi connectivity index (χ1) is 12.2. The Morgan fingerprint density at radius 2 is 1.58 bits per heavy atom. The van der Waals surface area contributed by atoms with Crippen molar-refractivity contribution in [2.45, 2.75) is 65.5 Å². The maximum absolute atomic E-state index is 13.0. The van der Waals surface area contributed by atoms with Crippen molar-refractivity contribution in [1.29, 1.82) is 0 Å². The van der Waals surface area contributed by atoms with Crippen molar-refractivity contribution in [3.8, 4) is 0 Å². The molecule has 0 unspecified atom stereocenters. The Hall–Kier alpha value is -2.01. The molecule has 0 radical (unpaired) electrons. The third-order valence-electron chi connectivity index (χ3n) is 4.75. The number of hydrogen-bond acceptors (Lipinski definition) is 3. The number of aryl methyl sites for hydroxylation is 2. The van der Waals surface area contributed by atoms with Gasteiger partial charge in [0.15, 0.2) is 0 Å². The van der Waals surface area contributed by atoms with Gasteiger partial charge >= 0.3 is 0 Å². The van der Waals surface area contributed by atoms with Crippen molar-refractivity contribution in [1.82, 2.24) is 9.90 Å². The van der Waals surface area contributed by atoms with Gasteiger partial charge in [0.25, 0.3) is 0 Å². The van der Waals surface area contributed by atoms with Crippen LogP contribution in [0.25, 0.3) is 0 Å². The van der Waals surface area contributed by atoms with Gasteiger partial charge in [-0.2, -0.15) is 0 Å². The van der Waals surface area contributed by atoms with Gasteiger partial charge < -0.3 is 12.4 Å². The van der Waals surface area contributed by atoms with Crippen molar-refractivity contribution in [3.63, 3.8) is 0 Å². The van der Waals surface area contributed by atoms with Crippen molar-refractivity contribution < 1.29 is 26.7 Å². The summed E-state index contributed by atoms with van der Waals surface area (Å²) < 4.78 is 3.51. The van der Waals surface area contributed by atoms with Gasteiger partial charge in [-0.15, -0.1) is 9.36 Å². The first kappa shape index (κ1) is 20.3. The molecule has 1 aliphatic carbocycles. The Morgan fingerprint density at radius 3 is 2.23 bits per heavy atom. The van der Waals surface area contributed by atoms with Gasteiger partial charge in [0.05, 0.1) is 5.21 Å². The van der Waals surface area contributed by atoms with Gasteiger partial charge in [0, 0.05) is 11.1 Å². The first-order valence-corrected chi connectivity index (χ1v) is 9.38. The minimum Gasteiger partial charge on any atom is -1.00 e. The second-order valence-corrected chi connectivity index (χ2v) is 6.65. The summed E-state index contributed by atoms with van der Waals surface area (Å²) >= 11 is 0. The molecule has 3 rings (SSSR count). The lowest BCUT2D eigenvalue weighted by Crippen LogP contribution is -3.00. The fraction of sp³-hybridized carbons (Fsp3) is 0.500. The summed E-state index contributed by atoms with van der Waals surface area (Å²) in [6.45, 7) is 5.63. The molecule has 26 heavy (non-hydrogen) atoms. The van der Waals surface area contributed by atoms with E-state index in [9.17, 15) is 9.59 Å². The van der Waals surface area contributed by atoms with Gasteiger partial charge in [0.1, 0.15) is 13.1 Å². The van der Waals surface area contributed by atoms with E-state index in [-0.39, 0.29) is 24.0 Å². The van der Waals surface area contributed by atoms with E-state index in [1.54, 1.807) is 27.6 Å². The van der Waals surface area contributed by atoms with Crippen molar-refractivity contribution in [2.75, 3.05) is 0 Å². The van der Waals surface area contributed by atoms with Crippen LogP contribution in [0, 0.1) is 0 Å². The monoisotopic (exact) mass is 375 g/mol. The molecule has 0 spiro atoms. The number of halogens is 1. The van der Waals surface area contributed by atoms with Crippen LogP contribution >= 0.6 is 0 Å². The molecule has 2 aromatic rings. The zero-order chi connectivity index (χ0) is 17.8. The minimum atomic E-state index is -0.0823. The highest BCUT2D eigenvalue weighted by Crippen LogP contribution is 2.25. The second kappa shape index (κ2) is 9.08. The summed E-state index contributed by atoms with van der Waals surface area (Å²) in [5.41, 5.74) is 1.93. The summed E-state index contributed by atoms with van der Waals surface area (Å²) in [7, 11) is 0. The lowest BCUT2D eigenvalue weighted by molar-refractivity contribution is -0.757. The van der Waals surface area contributed by atoms with Crippen LogP contribution in [0.1, 0.15) is 84.5 Å². The summed E-state index contributed by atoms with van der Waals surface area (Å²) in [5.74, 6) is -0.162. The zero-order valence-electron chi connectivity index (χ0n) is 15.5. The van der Waals surface area contributed by atoms with Crippen LogP contribution in [0.4, 0.5) is 0 Å². The second-order valence-electron chi connectivity index (χ2n) is 6.65. The molecule has 1 aliphatic rings. The molecule has 0 fully saturated rings. The Labute approximate surface area is 160 Å². The smallest absolute Gasteiger partial charge is 0.249 e. The predicted molar refractivity (Wildman–Crippen MR) is 94.8 cm³/mol. The summed E-state index contributed by atoms with van der Waals surface area (Å²) in [6, 6.07) is 7.09. The maximum Gasteiger partial charge on any atom is 0.249 e. The molecule has 0 saturated heterocycles. The minimum absolute atomic E-state index is 0. The molecule has 1 aromatic heterocycles. The number of carbonyl (C=O) groups excluding carboxylic acids is 2. The van der Waals surface area contributed by atoms with E-state index in [0.29, 0.717) is 35.6 Å². The number of ketones is 2. The Kier molecular flexibility index (Phi) is 7.09. The molecule has 1 aromatic carbocycles.